The van der Waals surface area contributed by atoms with Crippen LogP contribution in [0.25, 0.3) is 22.0 Å². The minimum absolute atomic E-state index is 0.356. The number of carboxylic acids is 1. The van der Waals surface area contributed by atoms with Gasteiger partial charge in [0.25, 0.3) is 11.8 Å². The number of imide groups is 1. The molecular formula is C18H13F3N4O4. The van der Waals surface area contributed by atoms with Gasteiger partial charge in [-0.3, -0.25) is 14.9 Å². The summed E-state index contributed by atoms with van der Waals surface area (Å²) in [5.41, 5.74) is 2.99. The molecule has 0 aliphatic carbocycles. The third-order valence-corrected chi connectivity index (χ3v) is 4.11. The normalized spacial score (nSPS) is 14.1. The van der Waals surface area contributed by atoms with Crippen molar-refractivity contribution in [3.05, 3.63) is 54.2 Å². The fourth-order valence-corrected chi connectivity index (χ4v) is 2.83. The zero-order chi connectivity index (χ0) is 21.3. The number of carbonyl (C=O) groups excluding carboxylic acids is 2. The summed E-state index contributed by atoms with van der Waals surface area (Å²) in [6.45, 7) is 0. The summed E-state index contributed by atoms with van der Waals surface area (Å²) in [6.07, 6.45) is -0.137. The highest BCUT2D eigenvalue weighted by molar-refractivity contribution is 6.49. The van der Waals surface area contributed by atoms with Crippen LogP contribution in [0.5, 0.6) is 0 Å². The number of H-pyrrole nitrogens is 1. The molecule has 0 spiro atoms. The molecule has 0 bridgehead atoms. The number of carboxylic acid groups (broad SMARTS) is 1. The van der Waals surface area contributed by atoms with Gasteiger partial charge in [-0.05, 0) is 6.07 Å². The van der Waals surface area contributed by atoms with Gasteiger partial charge in [0.15, 0.2) is 0 Å². The van der Waals surface area contributed by atoms with Crippen molar-refractivity contribution in [2.24, 2.45) is 7.05 Å². The molecule has 2 amide bonds. The Kier molecular flexibility index (Phi) is 4.97. The van der Waals surface area contributed by atoms with Gasteiger partial charge in [-0.1, -0.05) is 18.2 Å². The first-order valence-corrected chi connectivity index (χ1v) is 8.04. The van der Waals surface area contributed by atoms with Gasteiger partial charge in [-0.2, -0.15) is 13.2 Å². The van der Waals surface area contributed by atoms with Gasteiger partial charge in [0, 0.05) is 29.7 Å². The standard InChI is InChI=1S/C16H12N4O2.C2HF3O2/c1-20-8-17-7-12(20)14-13(15(21)19-16(14)22)10-6-18-11-5-3-2-4-9(10)11;3-2(4,5)1(6)7/h2-8,18H,1H3,(H,19,21,22);(H,6,7). The summed E-state index contributed by atoms with van der Waals surface area (Å²) in [7, 11) is 1.79. The molecule has 150 valence electrons. The first-order chi connectivity index (χ1) is 13.6. The Balaban J connectivity index is 0.000000298. The summed E-state index contributed by atoms with van der Waals surface area (Å²) < 4.78 is 33.5. The van der Waals surface area contributed by atoms with E-state index in [-0.39, 0.29) is 5.91 Å². The lowest BCUT2D eigenvalue weighted by molar-refractivity contribution is -0.192. The van der Waals surface area contributed by atoms with Crippen LogP contribution in [0.3, 0.4) is 0 Å². The minimum Gasteiger partial charge on any atom is -0.475 e. The SMILES string of the molecule is Cn1cncc1C1=C(c2c[nH]c3ccccc23)C(=O)NC1=O.O=C(O)C(F)(F)F. The minimum atomic E-state index is -5.08. The maximum Gasteiger partial charge on any atom is 0.490 e. The number of hydrogen-bond donors (Lipinski definition) is 3. The molecule has 4 rings (SSSR count). The molecule has 1 aliphatic heterocycles. The van der Waals surface area contributed by atoms with E-state index >= 15 is 0 Å². The van der Waals surface area contributed by atoms with E-state index in [1.807, 2.05) is 24.3 Å². The zero-order valence-electron chi connectivity index (χ0n) is 14.7. The van der Waals surface area contributed by atoms with Crippen LogP contribution < -0.4 is 5.32 Å². The number of imidazole rings is 1. The van der Waals surface area contributed by atoms with Gasteiger partial charge in [0.05, 0.1) is 29.4 Å². The average molecular weight is 406 g/mol. The number of rotatable bonds is 2. The number of nitrogens with one attached hydrogen (secondary N) is 2. The highest BCUT2D eigenvalue weighted by Crippen LogP contribution is 2.34. The number of aromatic amines is 1. The Hall–Kier alpha value is -3.89. The van der Waals surface area contributed by atoms with Crippen LogP contribution in [-0.4, -0.2) is 43.6 Å². The Bertz CT molecular complexity index is 1160. The van der Waals surface area contributed by atoms with E-state index in [0.717, 1.165) is 16.5 Å². The van der Waals surface area contributed by atoms with E-state index < -0.39 is 18.1 Å². The van der Waals surface area contributed by atoms with E-state index in [2.05, 4.69) is 15.3 Å². The summed E-state index contributed by atoms with van der Waals surface area (Å²) in [4.78, 5) is 40.6. The second-order valence-electron chi connectivity index (χ2n) is 5.97. The number of halogens is 3. The lowest BCUT2D eigenvalue weighted by Gasteiger charge is -2.04. The Labute approximate surface area is 160 Å². The fourth-order valence-electron chi connectivity index (χ4n) is 2.83. The summed E-state index contributed by atoms with van der Waals surface area (Å²) in [5.74, 6) is -3.53. The quantitative estimate of drug-likeness (QED) is 0.564. The molecule has 3 aromatic rings. The monoisotopic (exact) mass is 406 g/mol. The lowest BCUT2D eigenvalue weighted by atomic mass is 9.99. The molecule has 1 aromatic carbocycles. The van der Waals surface area contributed by atoms with Crippen molar-refractivity contribution in [3.8, 4) is 0 Å². The van der Waals surface area contributed by atoms with Crippen molar-refractivity contribution in [1.29, 1.82) is 0 Å². The number of nitrogens with zero attached hydrogens (tertiary/aromatic N) is 2. The van der Waals surface area contributed by atoms with Gasteiger partial charge in [0.2, 0.25) is 0 Å². The number of para-hydroxylation sites is 1. The van der Waals surface area contributed by atoms with Crippen molar-refractivity contribution in [2.45, 2.75) is 6.18 Å². The molecule has 8 nitrogen and oxygen atoms in total. The first-order valence-electron chi connectivity index (χ1n) is 8.04. The van der Waals surface area contributed by atoms with Crippen LogP contribution in [0.2, 0.25) is 0 Å². The Morgan fingerprint density at radius 2 is 1.76 bits per heavy atom. The van der Waals surface area contributed by atoms with Crippen LogP contribution in [0.4, 0.5) is 13.2 Å². The number of amides is 2. The predicted octanol–water partition coefficient (Wildman–Crippen LogP) is 2.10. The number of aliphatic carboxylic acids is 1. The first kappa shape index (κ1) is 19.9. The van der Waals surface area contributed by atoms with Crippen LogP contribution >= 0.6 is 0 Å². The van der Waals surface area contributed by atoms with Gasteiger partial charge in [0.1, 0.15) is 0 Å². The molecule has 0 radical (unpaired) electrons. The summed E-state index contributed by atoms with van der Waals surface area (Å²) in [5, 5.41) is 10.4. The van der Waals surface area contributed by atoms with Crippen molar-refractivity contribution >= 4 is 39.8 Å². The molecule has 0 atom stereocenters. The maximum atomic E-state index is 12.3. The summed E-state index contributed by atoms with van der Waals surface area (Å²) in [6, 6.07) is 7.67. The molecule has 0 saturated heterocycles. The molecule has 1 aliphatic rings. The summed E-state index contributed by atoms with van der Waals surface area (Å²) >= 11 is 0. The number of benzene rings is 1. The van der Waals surface area contributed by atoms with Crippen molar-refractivity contribution in [1.82, 2.24) is 19.9 Å². The topological polar surface area (TPSA) is 117 Å². The van der Waals surface area contributed by atoms with Crippen LogP contribution in [-0.2, 0) is 21.4 Å². The number of hydrogen-bond acceptors (Lipinski definition) is 4. The van der Waals surface area contributed by atoms with E-state index in [0.29, 0.717) is 16.8 Å². The molecule has 0 saturated carbocycles. The van der Waals surface area contributed by atoms with Gasteiger partial charge in [-0.15, -0.1) is 0 Å². The maximum absolute atomic E-state index is 12.3. The smallest absolute Gasteiger partial charge is 0.475 e. The van der Waals surface area contributed by atoms with Gasteiger partial charge in [-0.25, -0.2) is 9.78 Å². The average Bonchev–Trinajstić information content (AvgIpc) is 3.31. The fraction of sp³-hybridized carbons (Fsp3) is 0.111. The lowest BCUT2D eigenvalue weighted by Crippen LogP contribution is -2.23. The molecule has 0 unspecified atom stereocenters. The number of alkyl halides is 3. The number of aromatic nitrogens is 3. The van der Waals surface area contributed by atoms with Crippen LogP contribution in [0.1, 0.15) is 11.3 Å². The second-order valence-corrected chi connectivity index (χ2v) is 5.97. The molecule has 3 heterocycles. The number of aryl methyl sites for hydroxylation is 1. The molecule has 11 heteroatoms. The van der Waals surface area contributed by atoms with Crippen LogP contribution in [0, 0.1) is 0 Å². The highest BCUT2D eigenvalue weighted by atomic mass is 19.4. The van der Waals surface area contributed by atoms with Crippen molar-refractivity contribution < 1.29 is 32.7 Å². The van der Waals surface area contributed by atoms with Gasteiger partial charge < -0.3 is 14.7 Å². The van der Waals surface area contributed by atoms with E-state index in [9.17, 15) is 22.8 Å². The van der Waals surface area contributed by atoms with Crippen LogP contribution in [0.15, 0.2) is 43.0 Å². The Morgan fingerprint density at radius 3 is 2.34 bits per heavy atom. The number of carbonyl (C=O) groups is 3. The zero-order valence-corrected chi connectivity index (χ0v) is 14.7. The highest BCUT2D eigenvalue weighted by Gasteiger charge is 2.38. The second kappa shape index (κ2) is 7.26. The van der Waals surface area contributed by atoms with E-state index in [4.69, 9.17) is 9.90 Å². The largest absolute Gasteiger partial charge is 0.490 e. The molecule has 0 fully saturated rings. The van der Waals surface area contributed by atoms with Crippen molar-refractivity contribution in [3.63, 3.8) is 0 Å². The van der Waals surface area contributed by atoms with E-state index in [1.54, 1.807) is 30.3 Å². The molecule has 3 N–H and O–H groups in total. The third-order valence-electron chi connectivity index (χ3n) is 4.11. The molecular weight excluding hydrogens is 393 g/mol. The van der Waals surface area contributed by atoms with E-state index in [1.165, 1.54) is 0 Å². The molecule has 29 heavy (non-hydrogen) atoms. The predicted molar refractivity (Wildman–Crippen MR) is 95.2 cm³/mol. The Morgan fingerprint density at radius 1 is 1.14 bits per heavy atom. The van der Waals surface area contributed by atoms with Crippen molar-refractivity contribution in [2.75, 3.05) is 0 Å². The molecule has 2 aromatic heterocycles. The third kappa shape index (κ3) is 3.74. The number of fused-ring (bicyclic) bond motifs is 1. The van der Waals surface area contributed by atoms with Gasteiger partial charge >= 0.3 is 12.1 Å².